The number of rotatable bonds is 11. The van der Waals surface area contributed by atoms with Crippen molar-refractivity contribution in [3.63, 3.8) is 0 Å². The van der Waals surface area contributed by atoms with Crippen molar-refractivity contribution in [2.75, 3.05) is 13.2 Å². The summed E-state index contributed by atoms with van der Waals surface area (Å²) in [7, 11) is 0. The van der Waals surface area contributed by atoms with Crippen LogP contribution in [0.3, 0.4) is 0 Å². The van der Waals surface area contributed by atoms with Crippen LogP contribution < -0.4 is 10.5 Å². The zero-order valence-corrected chi connectivity index (χ0v) is 15.5. The quantitative estimate of drug-likeness (QED) is 0.584. The summed E-state index contributed by atoms with van der Waals surface area (Å²) in [6.07, 6.45) is 10.2. The summed E-state index contributed by atoms with van der Waals surface area (Å²) in [6.45, 7) is 5.18. The number of unbranched alkanes of at least 4 members (excludes halogenated alkanes) is 4. The van der Waals surface area contributed by atoms with Gasteiger partial charge in [-0.3, -0.25) is 0 Å². The van der Waals surface area contributed by atoms with Crippen LogP contribution in [0.4, 0.5) is 0 Å². The van der Waals surface area contributed by atoms with Gasteiger partial charge in [0.15, 0.2) is 0 Å². The molecule has 2 atom stereocenters. The number of hydrogen-bond acceptors (Lipinski definition) is 3. The second-order valence-electron chi connectivity index (χ2n) is 7.44. The Bertz CT molecular complexity index is 497. The van der Waals surface area contributed by atoms with Gasteiger partial charge in [-0.1, -0.05) is 45.6 Å². The summed E-state index contributed by atoms with van der Waals surface area (Å²) in [5, 5.41) is 9.57. The van der Waals surface area contributed by atoms with Crippen molar-refractivity contribution in [3.8, 4) is 5.75 Å². The summed E-state index contributed by atoms with van der Waals surface area (Å²) < 4.78 is 5.93. The van der Waals surface area contributed by atoms with Crippen LogP contribution in [0.5, 0.6) is 5.75 Å². The number of aryl methyl sites for hydroxylation is 1. The van der Waals surface area contributed by atoms with Crippen LogP contribution in [0.1, 0.15) is 82.3 Å². The van der Waals surface area contributed by atoms with E-state index < -0.39 is 5.54 Å². The first-order valence-electron chi connectivity index (χ1n) is 9.77. The van der Waals surface area contributed by atoms with Crippen molar-refractivity contribution in [1.82, 2.24) is 0 Å². The van der Waals surface area contributed by atoms with E-state index >= 15 is 0 Å². The normalized spacial score (nSPS) is 19.1. The van der Waals surface area contributed by atoms with Gasteiger partial charge in [0.1, 0.15) is 5.75 Å². The van der Waals surface area contributed by atoms with Gasteiger partial charge in [0.25, 0.3) is 0 Å². The zero-order chi connectivity index (χ0) is 17.4. The Labute approximate surface area is 147 Å². The molecule has 24 heavy (non-hydrogen) atoms. The van der Waals surface area contributed by atoms with E-state index in [1.165, 1.54) is 36.8 Å². The summed E-state index contributed by atoms with van der Waals surface area (Å²) >= 11 is 0. The Hall–Kier alpha value is -1.06. The number of hydrogen-bond donors (Lipinski definition) is 2. The van der Waals surface area contributed by atoms with E-state index in [1.807, 2.05) is 0 Å². The highest BCUT2D eigenvalue weighted by Gasteiger charge is 2.31. The molecule has 1 aromatic carbocycles. The fraction of sp³-hybridized carbons (Fsp3) is 0.714. The van der Waals surface area contributed by atoms with Crippen LogP contribution >= 0.6 is 0 Å². The summed E-state index contributed by atoms with van der Waals surface area (Å²) in [6, 6.07) is 6.53. The first-order valence-corrected chi connectivity index (χ1v) is 9.77. The molecule has 0 saturated heterocycles. The lowest BCUT2D eigenvalue weighted by Crippen LogP contribution is -2.44. The summed E-state index contributed by atoms with van der Waals surface area (Å²) in [4.78, 5) is 0. The van der Waals surface area contributed by atoms with Crippen LogP contribution in [-0.2, 0) is 6.42 Å². The molecule has 0 radical (unpaired) electrons. The number of aliphatic hydroxyl groups excluding tert-OH is 1. The highest BCUT2D eigenvalue weighted by atomic mass is 16.5. The minimum atomic E-state index is -0.445. The van der Waals surface area contributed by atoms with E-state index in [4.69, 9.17) is 10.5 Å². The van der Waals surface area contributed by atoms with Crippen molar-refractivity contribution >= 4 is 0 Å². The Balaban J connectivity index is 1.86. The molecule has 2 unspecified atom stereocenters. The lowest BCUT2D eigenvalue weighted by atomic mass is 9.84. The van der Waals surface area contributed by atoms with Crippen molar-refractivity contribution < 1.29 is 9.84 Å². The van der Waals surface area contributed by atoms with Gasteiger partial charge in [-0.05, 0) is 61.3 Å². The highest BCUT2D eigenvalue weighted by molar-refractivity contribution is 5.41. The van der Waals surface area contributed by atoms with Gasteiger partial charge in [-0.25, -0.2) is 0 Å². The number of ether oxygens (including phenoxy) is 1. The zero-order valence-electron chi connectivity index (χ0n) is 15.5. The molecule has 1 aromatic rings. The molecule has 1 aliphatic carbocycles. The van der Waals surface area contributed by atoms with Crippen LogP contribution in [0.25, 0.3) is 0 Å². The molecule has 3 N–H and O–H groups in total. The van der Waals surface area contributed by atoms with E-state index in [-0.39, 0.29) is 6.61 Å². The average Bonchev–Trinajstić information content (AvgIpc) is 3.00. The Morgan fingerprint density at radius 3 is 2.71 bits per heavy atom. The molecule has 2 rings (SSSR count). The molecule has 0 bridgehead atoms. The molecular weight excluding hydrogens is 298 g/mol. The van der Waals surface area contributed by atoms with Gasteiger partial charge >= 0.3 is 0 Å². The predicted molar refractivity (Wildman–Crippen MR) is 101 cm³/mol. The predicted octanol–water partition coefficient (Wildman–Crippen LogP) is 4.56. The lowest BCUT2D eigenvalue weighted by Gasteiger charge is -2.29. The van der Waals surface area contributed by atoms with Crippen molar-refractivity contribution in [2.24, 2.45) is 5.73 Å². The fourth-order valence-electron chi connectivity index (χ4n) is 3.69. The Morgan fingerprint density at radius 2 is 2.00 bits per heavy atom. The molecule has 0 spiro atoms. The maximum atomic E-state index is 9.57. The molecule has 3 heteroatoms. The molecule has 0 saturated carbocycles. The molecule has 3 nitrogen and oxygen atoms in total. The minimum absolute atomic E-state index is 0.0640. The number of benzene rings is 1. The number of aliphatic hydroxyl groups is 1. The summed E-state index contributed by atoms with van der Waals surface area (Å²) in [5.41, 5.74) is 8.67. The van der Waals surface area contributed by atoms with Gasteiger partial charge in [0.2, 0.25) is 0 Å². The van der Waals surface area contributed by atoms with E-state index in [1.54, 1.807) is 0 Å². The second kappa shape index (κ2) is 9.43. The van der Waals surface area contributed by atoms with Gasteiger partial charge in [0, 0.05) is 5.54 Å². The van der Waals surface area contributed by atoms with E-state index in [0.29, 0.717) is 5.92 Å². The average molecular weight is 334 g/mol. The second-order valence-corrected chi connectivity index (χ2v) is 7.44. The lowest BCUT2D eigenvalue weighted by molar-refractivity contribution is 0.174. The number of fused-ring (bicyclic) bond motifs is 1. The molecule has 0 aliphatic heterocycles. The topological polar surface area (TPSA) is 55.5 Å². The van der Waals surface area contributed by atoms with Crippen LogP contribution in [0.2, 0.25) is 0 Å². The molecule has 136 valence electrons. The van der Waals surface area contributed by atoms with Crippen LogP contribution in [0.15, 0.2) is 18.2 Å². The van der Waals surface area contributed by atoms with Crippen molar-refractivity contribution in [1.29, 1.82) is 0 Å². The largest absolute Gasteiger partial charge is 0.494 e. The van der Waals surface area contributed by atoms with E-state index in [0.717, 1.165) is 44.5 Å². The highest BCUT2D eigenvalue weighted by Crippen LogP contribution is 2.40. The number of nitrogens with two attached hydrogens (primary N) is 1. The third-order valence-electron chi connectivity index (χ3n) is 5.50. The van der Waals surface area contributed by atoms with Crippen molar-refractivity contribution in [2.45, 2.75) is 83.1 Å². The monoisotopic (exact) mass is 333 g/mol. The molecule has 0 heterocycles. The smallest absolute Gasteiger partial charge is 0.119 e. The SMILES string of the molecule is CCCCCCCOc1ccc2c(c1)CCC2CC(N)(CC)CO. The van der Waals surface area contributed by atoms with Gasteiger partial charge in [-0.2, -0.15) is 0 Å². The third-order valence-corrected chi connectivity index (χ3v) is 5.50. The molecule has 1 aliphatic rings. The first-order chi connectivity index (χ1) is 11.6. The van der Waals surface area contributed by atoms with Crippen LogP contribution in [0, 0.1) is 0 Å². The molecule has 0 fully saturated rings. The van der Waals surface area contributed by atoms with Gasteiger partial charge < -0.3 is 15.6 Å². The van der Waals surface area contributed by atoms with Crippen LogP contribution in [-0.4, -0.2) is 23.9 Å². The Kier molecular flexibility index (Phi) is 7.57. The van der Waals surface area contributed by atoms with E-state index in [9.17, 15) is 5.11 Å². The van der Waals surface area contributed by atoms with Gasteiger partial charge in [0.05, 0.1) is 13.2 Å². The molecule has 0 aromatic heterocycles. The standard InChI is InChI=1S/C21H35NO2/c1-3-5-6-7-8-13-24-19-11-12-20-17(14-19)9-10-18(20)15-21(22,4-2)16-23/h11-12,14,18,23H,3-10,13,15-16,22H2,1-2H3. The third kappa shape index (κ3) is 5.22. The Morgan fingerprint density at radius 1 is 1.21 bits per heavy atom. The maximum Gasteiger partial charge on any atom is 0.119 e. The van der Waals surface area contributed by atoms with E-state index in [2.05, 4.69) is 32.0 Å². The minimum Gasteiger partial charge on any atom is -0.494 e. The maximum absolute atomic E-state index is 9.57. The van der Waals surface area contributed by atoms with Crippen molar-refractivity contribution in [3.05, 3.63) is 29.3 Å². The first kappa shape index (κ1) is 19.3. The fourth-order valence-corrected chi connectivity index (χ4v) is 3.69. The summed E-state index contributed by atoms with van der Waals surface area (Å²) in [5.74, 6) is 1.47. The molecular formula is C21H35NO2. The van der Waals surface area contributed by atoms with Gasteiger partial charge in [-0.15, -0.1) is 0 Å². The molecule has 0 amide bonds.